The molecule has 0 aliphatic carbocycles. The van der Waals surface area contributed by atoms with Gasteiger partial charge < -0.3 is 5.11 Å². The maximum atomic E-state index is 13.1. The van der Waals surface area contributed by atoms with Crippen molar-refractivity contribution in [3.8, 4) is 5.75 Å². The van der Waals surface area contributed by atoms with E-state index in [9.17, 15) is 18.3 Å². The molecule has 0 amide bonds. The molecule has 19 heavy (non-hydrogen) atoms. The molecule has 0 heterocycles. The minimum atomic E-state index is -4.41. The zero-order valence-electron chi connectivity index (χ0n) is 12.2. The van der Waals surface area contributed by atoms with Gasteiger partial charge in [0.1, 0.15) is 5.75 Å². The molecule has 1 aromatic rings. The molecule has 1 N–H and O–H groups in total. The minimum Gasteiger partial charge on any atom is -0.507 e. The van der Waals surface area contributed by atoms with Crippen molar-refractivity contribution >= 4 is 0 Å². The number of alkyl halides is 3. The van der Waals surface area contributed by atoms with Crippen LogP contribution in [0.3, 0.4) is 0 Å². The second kappa shape index (κ2) is 4.43. The van der Waals surface area contributed by atoms with Gasteiger partial charge in [-0.2, -0.15) is 13.2 Å². The first-order valence-electron chi connectivity index (χ1n) is 6.20. The number of halogens is 3. The lowest BCUT2D eigenvalue weighted by atomic mass is 9.77. The summed E-state index contributed by atoms with van der Waals surface area (Å²) in [7, 11) is 0. The summed E-state index contributed by atoms with van der Waals surface area (Å²) in [6.07, 6.45) is -4.41. The second-order valence-electron chi connectivity index (χ2n) is 6.56. The number of hydrogen-bond donors (Lipinski definition) is 1. The van der Waals surface area contributed by atoms with Crippen molar-refractivity contribution in [2.45, 2.75) is 58.5 Å². The Balaban J connectivity index is 3.57. The van der Waals surface area contributed by atoms with Gasteiger partial charge in [-0.3, -0.25) is 0 Å². The molecule has 0 unspecified atom stereocenters. The van der Waals surface area contributed by atoms with Gasteiger partial charge in [-0.15, -0.1) is 0 Å². The molecule has 0 aliphatic rings. The van der Waals surface area contributed by atoms with Crippen molar-refractivity contribution in [1.29, 1.82) is 0 Å². The Morgan fingerprint density at radius 3 is 1.79 bits per heavy atom. The lowest BCUT2D eigenvalue weighted by Gasteiger charge is -2.31. The van der Waals surface area contributed by atoms with Gasteiger partial charge in [-0.1, -0.05) is 32.9 Å². The quantitative estimate of drug-likeness (QED) is 0.777. The normalized spacial score (nSPS) is 13.7. The van der Waals surface area contributed by atoms with Crippen LogP contribution in [0.4, 0.5) is 13.2 Å². The van der Waals surface area contributed by atoms with Crippen LogP contribution in [0.15, 0.2) is 12.1 Å². The number of benzene rings is 1. The van der Waals surface area contributed by atoms with Crippen molar-refractivity contribution in [3.05, 3.63) is 28.8 Å². The van der Waals surface area contributed by atoms with E-state index < -0.39 is 11.6 Å². The van der Waals surface area contributed by atoms with Gasteiger partial charge in [-0.05, 0) is 37.3 Å². The van der Waals surface area contributed by atoms with Crippen LogP contribution in [-0.2, 0) is 10.8 Å². The van der Waals surface area contributed by atoms with Crippen LogP contribution in [0.1, 0.15) is 51.3 Å². The van der Waals surface area contributed by atoms with E-state index >= 15 is 0 Å². The van der Waals surface area contributed by atoms with Crippen molar-refractivity contribution in [2.75, 3.05) is 0 Å². The molecule has 0 aromatic heterocycles. The summed E-state index contributed by atoms with van der Waals surface area (Å²) in [5, 5.41) is 9.99. The van der Waals surface area contributed by atoms with Gasteiger partial charge in [0.05, 0.1) is 5.41 Å². The van der Waals surface area contributed by atoms with Crippen molar-refractivity contribution < 1.29 is 18.3 Å². The molecule has 0 bridgehead atoms. The lowest BCUT2D eigenvalue weighted by Crippen LogP contribution is -2.36. The maximum absolute atomic E-state index is 13.1. The SMILES string of the molecule is Cc1cc(C(C)(C)C)cc(C(C)(C)C(F)(F)F)c1O. The first-order valence-corrected chi connectivity index (χ1v) is 6.20. The van der Waals surface area contributed by atoms with Crippen molar-refractivity contribution in [2.24, 2.45) is 0 Å². The molecule has 0 saturated heterocycles. The molecule has 1 rings (SSSR count). The highest BCUT2D eigenvalue weighted by atomic mass is 19.4. The van der Waals surface area contributed by atoms with E-state index in [0.717, 1.165) is 19.4 Å². The van der Waals surface area contributed by atoms with Gasteiger partial charge >= 0.3 is 6.18 Å². The lowest BCUT2D eigenvalue weighted by molar-refractivity contribution is -0.180. The van der Waals surface area contributed by atoms with E-state index in [1.165, 1.54) is 6.07 Å². The smallest absolute Gasteiger partial charge is 0.398 e. The first-order chi connectivity index (χ1) is 8.28. The molecule has 0 aliphatic heterocycles. The fraction of sp³-hybridized carbons (Fsp3) is 0.600. The van der Waals surface area contributed by atoms with E-state index in [0.29, 0.717) is 5.56 Å². The standard InChI is InChI=1S/C15H21F3O/c1-9-7-10(13(2,3)4)8-11(12(9)19)14(5,6)15(16,17)18/h7-8,19H,1-6H3. The fourth-order valence-electron chi connectivity index (χ4n) is 1.84. The summed E-state index contributed by atoms with van der Waals surface area (Å²) in [6, 6.07) is 3.21. The number of phenols is 1. The largest absolute Gasteiger partial charge is 0.507 e. The van der Waals surface area contributed by atoms with Gasteiger partial charge in [0.2, 0.25) is 0 Å². The highest BCUT2D eigenvalue weighted by molar-refractivity contribution is 5.48. The Morgan fingerprint density at radius 1 is 0.947 bits per heavy atom. The summed E-state index contributed by atoms with van der Waals surface area (Å²) in [4.78, 5) is 0. The Morgan fingerprint density at radius 2 is 1.42 bits per heavy atom. The molecule has 0 saturated carbocycles. The van der Waals surface area contributed by atoms with Gasteiger partial charge in [0, 0.05) is 5.56 Å². The Hall–Kier alpha value is -1.19. The molecule has 1 aromatic carbocycles. The van der Waals surface area contributed by atoms with Gasteiger partial charge in [0.15, 0.2) is 0 Å². The molecule has 108 valence electrons. The average molecular weight is 274 g/mol. The predicted molar refractivity (Wildman–Crippen MR) is 70.6 cm³/mol. The third kappa shape index (κ3) is 2.88. The average Bonchev–Trinajstić information content (AvgIpc) is 2.18. The number of hydrogen-bond acceptors (Lipinski definition) is 1. The van der Waals surface area contributed by atoms with E-state index in [1.54, 1.807) is 13.0 Å². The minimum absolute atomic E-state index is 0.0649. The molecule has 4 heteroatoms. The van der Waals surface area contributed by atoms with Crippen LogP contribution in [0, 0.1) is 6.92 Å². The third-order valence-corrected chi connectivity index (χ3v) is 3.55. The van der Waals surface area contributed by atoms with Crippen LogP contribution in [-0.4, -0.2) is 11.3 Å². The van der Waals surface area contributed by atoms with E-state index in [2.05, 4.69) is 0 Å². The Bertz CT molecular complexity index is 479. The van der Waals surface area contributed by atoms with Crippen LogP contribution in [0.5, 0.6) is 5.75 Å². The molecular formula is C15H21F3O. The number of aryl methyl sites for hydroxylation is 1. The van der Waals surface area contributed by atoms with Crippen LogP contribution in [0.2, 0.25) is 0 Å². The van der Waals surface area contributed by atoms with Crippen LogP contribution in [0.25, 0.3) is 0 Å². The van der Waals surface area contributed by atoms with E-state index in [-0.39, 0.29) is 16.7 Å². The summed E-state index contributed by atoms with van der Waals surface area (Å²) in [5.41, 5.74) is -1.15. The molecule has 0 fully saturated rings. The number of phenolic OH excluding ortho intramolecular Hbond substituents is 1. The molecule has 0 radical (unpaired) electrons. The summed E-state index contributed by atoms with van der Waals surface area (Å²) < 4.78 is 39.4. The van der Waals surface area contributed by atoms with Gasteiger partial charge in [0.25, 0.3) is 0 Å². The molecule has 0 spiro atoms. The van der Waals surface area contributed by atoms with Crippen molar-refractivity contribution in [3.63, 3.8) is 0 Å². The summed E-state index contributed by atoms with van der Waals surface area (Å²) in [6.45, 7) is 9.61. The first kappa shape index (κ1) is 15.9. The number of aromatic hydroxyl groups is 1. The van der Waals surface area contributed by atoms with Crippen LogP contribution >= 0.6 is 0 Å². The topological polar surface area (TPSA) is 20.2 Å². The number of rotatable bonds is 1. The predicted octanol–water partition coefficient (Wildman–Crippen LogP) is 4.84. The fourth-order valence-corrected chi connectivity index (χ4v) is 1.84. The maximum Gasteiger partial charge on any atom is 0.398 e. The van der Waals surface area contributed by atoms with Crippen molar-refractivity contribution in [1.82, 2.24) is 0 Å². The third-order valence-electron chi connectivity index (χ3n) is 3.55. The highest BCUT2D eigenvalue weighted by Gasteiger charge is 2.50. The van der Waals surface area contributed by atoms with E-state index in [4.69, 9.17) is 0 Å². The molecule has 0 atom stereocenters. The van der Waals surface area contributed by atoms with Crippen LogP contribution < -0.4 is 0 Å². The van der Waals surface area contributed by atoms with Gasteiger partial charge in [-0.25, -0.2) is 0 Å². The monoisotopic (exact) mass is 274 g/mol. The zero-order chi connectivity index (χ0) is 15.2. The van der Waals surface area contributed by atoms with E-state index in [1.807, 2.05) is 20.8 Å². The molecular weight excluding hydrogens is 253 g/mol. The zero-order valence-corrected chi connectivity index (χ0v) is 12.2. The summed E-state index contributed by atoms with van der Waals surface area (Å²) in [5.74, 6) is -0.268. The summed E-state index contributed by atoms with van der Waals surface area (Å²) >= 11 is 0. The highest BCUT2D eigenvalue weighted by Crippen LogP contribution is 2.46. The second-order valence-corrected chi connectivity index (χ2v) is 6.56. The molecule has 1 nitrogen and oxygen atoms in total. The Kier molecular flexibility index (Phi) is 3.70. The Labute approximate surface area is 112 Å².